The number of anilines is 1. The minimum Gasteiger partial charge on any atom is -0.381 e. The van der Waals surface area contributed by atoms with Gasteiger partial charge in [-0.3, -0.25) is 4.90 Å². The molecule has 2 aromatic rings. The summed E-state index contributed by atoms with van der Waals surface area (Å²) in [6, 6.07) is 12.7. The molecule has 6 nitrogen and oxygen atoms in total. The first-order valence-electron chi connectivity index (χ1n) is 9.86. The van der Waals surface area contributed by atoms with Crippen LogP contribution in [0.2, 0.25) is 0 Å². The van der Waals surface area contributed by atoms with E-state index in [0.29, 0.717) is 5.92 Å². The van der Waals surface area contributed by atoms with E-state index in [9.17, 15) is 0 Å². The van der Waals surface area contributed by atoms with Crippen molar-refractivity contribution in [2.75, 3.05) is 45.2 Å². The zero-order chi connectivity index (χ0) is 18.5. The lowest BCUT2D eigenvalue weighted by molar-refractivity contribution is -0.0142. The monoisotopic (exact) mass is 367 g/mol. The lowest BCUT2D eigenvalue weighted by Gasteiger charge is -2.44. The van der Waals surface area contributed by atoms with E-state index in [1.165, 1.54) is 5.56 Å². The molecule has 0 saturated carbocycles. The van der Waals surface area contributed by atoms with E-state index in [1.807, 2.05) is 12.3 Å². The summed E-state index contributed by atoms with van der Waals surface area (Å²) in [5.41, 5.74) is 2.51. The quantitative estimate of drug-likeness (QED) is 0.783. The zero-order valence-electron chi connectivity index (χ0n) is 16.0. The fraction of sp³-hybridized carbons (Fsp3) is 0.524. The molecule has 6 heteroatoms. The van der Waals surface area contributed by atoms with Crippen LogP contribution in [0.25, 0.3) is 0 Å². The maximum atomic E-state index is 5.66. The van der Waals surface area contributed by atoms with E-state index in [4.69, 9.17) is 9.72 Å². The van der Waals surface area contributed by atoms with Crippen LogP contribution in [0.5, 0.6) is 0 Å². The van der Waals surface area contributed by atoms with Crippen molar-refractivity contribution in [3.8, 4) is 0 Å². The first-order chi connectivity index (χ1) is 13.3. The molecule has 0 amide bonds. The second-order valence-electron chi connectivity index (χ2n) is 7.69. The Hall–Kier alpha value is -2.02. The first kappa shape index (κ1) is 18.3. The molecule has 2 fully saturated rings. The number of benzene rings is 1. The number of rotatable bonds is 7. The van der Waals surface area contributed by atoms with E-state index in [0.717, 1.165) is 63.9 Å². The highest BCUT2D eigenvalue weighted by atomic mass is 16.5. The number of ether oxygens (including phenoxy) is 1. The van der Waals surface area contributed by atoms with Crippen molar-refractivity contribution in [3.63, 3.8) is 0 Å². The lowest BCUT2D eigenvalue weighted by Crippen LogP contribution is -2.54. The summed E-state index contributed by atoms with van der Waals surface area (Å²) in [4.78, 5) is 11.7. The normalized spacial score (nSPS) is 19.6. The molecule has 0 bridgehead atoms. The van der Waals surface area contributed by atoms with Crippen LogP contribution in [0.15, 0.2) is 42.6 Å². The Morgan fingerprint density at radius 3 is 2.67 bits per heavy atom. The topological polar surface area (TPSA) is 62.3 Å². The minimum absolute atomic E-state index is 0.0471. The molecule has 0 aliphatic carbocycles. The predicted octanol–water partition coefficient (Wildman–Crippen LogP) is 2.26. The van der Waals surface area contributed by atoms with Crippen LogP contribution in [0.1, 0.15) is 30.0 Å². The number of nitrogens with zero attached hydrogens (tertiary/aromatic N) is 3. The van der Waals surface area contributed by atoms with E-state index in [-0.39, 0.29) is 5.54 Å². The maximum Gasteiger partial charge on any atom is 0.222 e. The van der Waals surface area contributed by atoms with Crippen LogP contribution in [0, 0.1) is 0 Å². The number of hydrogen-bond acceptors (Lipinski definition) is 6. The standard InChI is InChI=1S/C21H29N5O/c1-26(15-17-5-3-2-4-6-17)21(8-11-27-12-9-21)16-24-20-23-10-7-19(25-20)18-13-22-14-18/h2-7,10,18,22H,8-9,11-16H2,1H3,(H,23,24,25). The molecular weight excluding hydrogens is 338 g/mol. The molecule has 2 aliphatic rings. The molecule has 0 unspecified atom stereocenters. The smallest absolute Gasteiger partial charge is 0.222 e. The summed E-state index contributed by atoms with van der Waals surface area (Å²) in [6.07, 6.45) is 3.89. The number of likely N-dealkylation sites (N-methyl/N-ethyl adjacent to an activating group) is 1. The Kier molecular flexibility index (Phi) is 5.66. The summed E-state index contributed by atoms with van der Waals surface area (Å²) in [7, 11) is 2.22. The summed E-state index contributed by atoms with van der Waals surface area (Å²) in [5, 5.41) is 6.83. The van der Waals surface area contributed by atoms with E-state index < -0.39 is 0 Å². The van der Waals surface area contributed by atoms with Crippen molar-refractivity contribution in [2.45, 2.75) is 30.8 Å². The van der Waals surface area contributed by atoms with Gasteiger partial charge in [0.05, 0.1) is 5.69 Å². The average Bonchev–Trinajstić information content (AvgIpc) is 2.67. The second kappa shape index (κ2) is 8.33. The van der Waals surface area contributed by atoms with Gasteiger partial charge in [0.25, 0.3) is 0 Å². The molecule has 2 N–H and O–H groups in total. The van der Waals surface area contributed by atoms with E-state index in [1.54, 1.807) is 0 Å². The van der Waals surface area contributed by atoms with Crippen LogP contribution in [0.4, 0.5) is 5.95 Å². The highest BCUT2D eigenvalue weighted by Crippen LogP contribution is 2.29. The van der Waals surface area contributed by atoms with Gasteiger partial charge in [0.15, 0.2) is 0 Å². The summed E-state index contributed by atoms with van der Waals surface area (Å²) in [6.45, 7) is 5.38. The van der Waals surface area contributed by atoms with Crippen LogP contribution in [-0.4, -0.2) is 60.3 Å². The Bertz CT molecular complexity index is 728. The average molecular weight is 367 g/mol. The van der Waals surface area contributed by atoms with Gasteiger partial charge in [-0.2, -0.15) is 0 Å². The van der Waals surface area contributed by atoms with Crippen molar-refractivity contribution >= 4 is 5.95 Å². The van der Waals surface area contributed by atoms with Crippen molar-refractivity contribution in [2.24, 2.45) is 0 Å². The zero-order valence-corrected chi connectivity index (χ0v) is 16.0. The Labute approximate surface area is 161 Å². The van der Waals surface area contributed by atoms with Gasteiger partial charge in [-0.15, -0.1) is 0 Å². The van der Waals surface area contributed by atoms with Crippen LogP contribution >= 0.6 is 0 Å². The van der Waals surface area contributed by atoms with Gasteiger partial charge in [0.1, 0.15) is 0 Å². The van der Waals surface area contributed by atoms with E-state index >= 15 is 0 Å². The van der Waals surface area contributed by atoms with Crippen LogP contribution in [-0.2, 0) is 11.3 Å². The molecular formula is C21H29N5O. The molecule has 3 heterocycles. The summed E-state index contributed by atoms with van der Waals surface area (Å²) < 4.78 is 5.66. The van der Waals surface area contributed by atoms with Gasteiger partial charge in [-0.1, -0.05) is 30.3 Å². The molecule has 4 rings (SSSR count). The molecule has 0 spiro atoms. The van der Waals surface area contributed by atoms with Crippen molar-refractivity contribution in [1.29, 1.82) is 0 Å². The lowest BCUT2D eigenvalue weighted by atomic mass is 9.87. The molecule has 144 valence electrons. The maximum absolute atomic E-state index is 5.66. The third-order valence-corrected chi connectivity index (χ3v) is 5.95. The number of hydrogen-bond donors (Lipinski definition) is 2. The highest BCUT2D eigenvalue weighted by Gasteiger charge is 2.36. The number of aromatic nitrogens is 2. The van der Waals surface area contributed by atoms with Crippen molar-refractivity contribution < 1.29 is 4.74 Å². The van der Waals surface area contributed by atoms with Gasteiger partial charge < -0.3 is 15.4 Å². The highest BCUT2D eigenvalue weighted by molar-refractivity contribution is 5.29. The fourth-order valence-electron chi connectivity index (χ4n) is 3.90. The van der Waals surface area contributed by atoms with Crippen LogP contribution < -0.4 is 10.6 Å². The molecule has 2 saturated heterocycles. The van der Waals surface area contributed by atoms with Gasteiger partial charge in [0.2, 0.25) is 5.95 Å². The predicted molar refractivity (Wildman–Crippen MR) is 107 cm³/mol. The molecule has 27 heavy (non-hydrogen) atoms. The van der Waals surface area contributed by atoms with Gasteiger partial charge in [0, 0.05) is 57.0 Å². The van der Waals surface area contributed by atoms with E-state index in [2.05, 4.69) is 57.9 Å². The summed E-state index contributed by atoms with van der Waals surface area (Å²) in [5.74, 6) is 1.25. The molecule has 1 aromatic heterocycles. The third kappa shape index (κ3) is 4.29. The van der Waals surface area contributed by atoms with Gasteiger partial charge >= 0.3 is 0 Å². The summed E-state index contributed by atoms with van der Waals surface area (Å²) >= 11 is 0. The largest absolute Gasteiger partial charge is 0.381 e. The van der Waals surface area contributed by atoms with Gasteiger partial charge in [-0.25, -0.2) is 9.97 Å². The van der Waals surface area contributed by atoms with Crippen LogP contribution in [0.3, 0.4) is 0 Å². The van der Waals surface area contributed by atoms with Crippen molar-refractivity contribution in [1.82, 2.24) is 20.2 Å². The molecule has 0 radical (unpaired) electrons. The number of nitrogens with one attached hydrogen (secondary N) is 2. The molecule has 2 aliphatic heterocycles. The molecule has 1 aromatic carbocycles. The Balaban J connectivity index is 1.45. The van der Waals surface area contributed by atoms with Gasteiger partial charge in [-0.05, 0) is 31.5 Å². The fourth-order valence-corrected chi connectivity index (χ4v) is 3.90. The SMILES string of the molecule is CN(Cc1ccccc1)C1(CNc2nccc(C3CNC3)n2)CCOCC1. The second-order valence-corrected chi connectivity index (χ2v) is 7.69. The Morgan fingerprint density at radius 2 is 1.96 bits per heavy atom. The molecule has 0 atom stereocenters. The first-order valence-corrected chi connectivity index (χ1v) is 9.86. The minimum atomic E-state index is 0.0471. The Morgan fingerprint density at radius 1 is 1.19 bits per heavy atom. The van der Waals surface area contributed by atoms with Crippen molar-refractivity contribution in [3.05, 3.63) is 53.9 Å². The third-order valence-electron chi connectivity index (χ3n) is 5.95.